The number of halogens is 1. The van der Waals surface area contributed by atoms with Crippen molar-refractivity contribution in [2.75, 3.05) is 13.1 Å². The van der Waals surface area contributed by atoms with Gasteiger partial charge in [-0.25, -0.2) is 9.78 Å². The molecule has 0 spiro atoms. The summed E-state index contributed by atoms with van der Waals surface area (Å²) in [4.78, 5) is 30.7. The van der Waals surface area contributed by atoms with E-state index < -0.39 is 5.60 Å². The third kappa shape index (κ3) is 5.10. The van der Waals surface area contributed by atoms with Gasteiger partial charge in [-0.2, -0.15) is 0 Å². The van der Waals surface area contributed by atoms with Gasteiger partial charge >= 0.3 is 6.09 Å². The lowest BCUT2D eigenvalue weighted by atomic mass is 10.1. The van der Waals surface area contributed by atoms with Crippen LogP contribution in [0, 0.1) is 0 Å². The first kappa shape index (κ1) is 19.4. The van der Waals surface area contributed by atoms with Crippen molar-refractivity contribution in [1.82, 2.24) is 15.2 Å². The van der Waals surface area contributed by atoms with Crippen molar-refractivity contribution in [3.05, 3.63) is 41.0 Å². The molecule has 2 amide bonds. The quantitative estimate of drug-likeness (QED) is 0.842. The van der Waals surface area contributed by atoms with Gasteiger partial charge in [0.1, 0.15) is 11.3 Å². The van der Waals surface area contributed by atoms with Crippen molar-refractivity contribution >= 4 is 34.5 Å². The first-order valence-corrected chi connectivity index (χ1v) is 9.44. The van der Waals surface area contributed by atoms with Crippen LogP contribution in [0.2, 0.25) is 5.02 Å². The fourth-order valence-corrected chi connectivity index (χ4v) is 3.20. The summed E-state index contributed by atoms with van der Waals surface area (Å²) in [7, 11) is 0. The van der Waals surface area contributed by atoms with E-state index in [0.29, 0.717) is 36.6 Å². The monoisotopic (exact) mass is 389 g/mol. The van der Waals surface area contributed by atoms with Crippen molar-refractivity contribution in [1.29, 1.82) is 0 Å². The number of piperidine rings is 1. The molecule has 1 aromatic carbocycles. The van der Waals surface area contributed by atoms with Crippen molar-refractivity contribution in [3.8, 4) is 0 Å². The molecule has 144 valence electrons. The van der Waals surface area contributed by atoms with Gasteiger partial charge < -0.3 is 15.0 Å². The Morgan fingerprint density at radius 3 is 2.56 bits per heavy atom. The predicted molar refractivity (Wildman–Crippen MR) is 105 cm³/mol. The lowest BCUT2D eigenvalue weighted by Crippen LogP contribution is -2.47. The van der Waals surface area contributed by atoms with Crippen LogP contribution in [0.3, 0.4) is 0 Å². The molecule has 0 saturated carbocycles. The number of fused-ring (bicyclic) bond motifs is 1. The number of carbonyl (C=O) groups excluding carboxylic acids is 2. The van der Waals surface area contributed by atoms with E-state index in [1.54, 1.807) is 23.1 Å². The van der Waals surface area contributed by atoms with E-state index in [-0.39, 0.29) is 18.0 Å². The molecule has 27 heavy (non-hydrogen) atoms. The summed E-state index contributed by atoms with van der Waals surface area (Å²) < 4.78 is 5.39. The minimum absolute atomic E-state index is 0.0129. The second-order valence-electron chi connectivity index (χ2n) is 7.75. The molecule has 0 aliphatic carbocycles. The summed E-state index contributed by atoms with van der Waals surface area (Å²) in [5.41, 5.74) is 0.597. The summed E-state index contributed by atoms with van der Waals surface area (Å²) in [6.07, 6.45) is 1.07. The highest BCUT2D eigenvalue weighted by atomic mass is 35.5. The SMILES string of the molecule is CC(C)(C)OC(=O)N1CCC(NC(=O)c2ccc3cc(Cl)ccc3n2)CC1. The Hall–Kier alpha value is -2.34. The first-order valence-electron chi connectivity index (χ1n) is 9.06. The third-order valence-electron chi connectivity index (χ3n) is 4.37. The Labute approximate surface area is 163 Å². The van der Waals surface area contributed by atoms with E-state index in [1.807, 2.05) is 32.9 Å². The molecule has 2 heterocycles. The van der Waals surface area contributed by atoms with Gasteiger partial charge in [0.2, 0.25) is 0 Å². The Kier molecular flexibility index (Phi) is 5.56. The summed E-state index contributed by atoms with van der Waals surface area (Å²) in [5, 5.41) is 4.54. The van der Waals surface area contributed by atoms with E-state index in [9.17, 15) is 9.59 Å². The second kappa shape index (κ2) is 7.72. The maximum absolute atomic E-state index is 12.5. The second-order valence-corrected chi connectivity index (χ2v) is 8.19. The van der Waals surface area contributed by atoms with Crippen LogP contribution < -0.4 is 5.32 Å². The summed E-state index contributed by atoms with van der Waals surface area (Å²) in [5.74, 6) is -0.206. The number of hydrogen-bond donors (Lipinski definition) is 1. The molecule has 0 radical (unpaired) electrons. The van der Waals surface area contributed by atoms with Crippen molar-refractivity contribution < 1.29 is 14.3 Å². The molecule has 1 fully saturated rings. The highest BCUT2D eigenvalue weighted by Gasteiger charge is 2.27. The van der Waals surface area contributed by atoms with Gasteiger partial charge in [-0.05, 0) is 57.9 Å². The average molecular weight is 390 g/mol. The van der Waals surface area contributed by atoms with Crippen LogP contribution >= 0.6 is 11.6 Å². The molecule has 6 nitrogen and oxygen atoms in total. The van der Waals surface area contributed by atoms with Crippen LogP contribution in [0.1, 0.15) is 44.1 Å². The van der Waals surface area contributed by atoms with Gasteiger partial charge in [0.05, 0.1) is 5.52 Å². The van der Waals surface area contributed by atoms with E-state index >= 15 is 0 Å². The third-order valence-corrected chi connectivity index (χ3v) is 4.60. The number of hydrogen-bond acceptors (Lipinski definition) is 4. The molecule has 1 aliphatic rings. The highest BCUT2D eigenvalue weighted by Crippen LogP contribution is 2.19. The number of ether oxygens (including phenoxy) is 1. The number of likely N-dealkylation sites (tertiary alicyclic amines) is 1. The molecule has 0 unspecified atom stereocenters. The van der Waals surface area contributed by atoms with Gasteiger partial charge in [-0.3, -0.25) is 4.79 Å². The zero-order valence-electron chi connectivity index (χ0n) is 15.8. The van der Waals surface area contributed by atoms with Crippen LogP contribution in [-0.2, 0) is 4.74 Å². The number of nitrogens with zero attached hydrogens (tertiary/aromatic N) is 2. The number of aromatic nitrogens is 1. The molecule has 1 N–H and O–H groups in total. The Balaban J connectivity index is 1.56. The molecule has 1 aliphatic heterocycles. The summed E-state index contributed by atoms with van der Waals surface area (Å²) in [6.45, 7) is 6.67. The topological polar surface area (TPSA) is 71.5 Å². The van der Waals surface area contributed by atoms with Crippen LogP contribution in [0.25, 0.3) is 10.9 Å². The van der Waals surface area contributed by atoms with E-state index in [1.165, 1.54) is 0 Å². The van der Waals surface area contributed by atoms with Crippen molar-refractivity contribution in [2.24, 2.45) is 0 Å². The molecule has 0 bridgehead atoms. The molecule has 1 aromatic heterocycles. The fraction of sp³-hybridized carbons (Fsp3) is 0.450. The Bertz CT molecular complexity index is 855. The van der Waals surface area contributed by atoms with Crippen LogP contribution in [-0.4, -0.2) is 46.6 Å². The van der Waals surface area contributed by atoms with Crippen molar-refractivity contribution in [3.63, 3.8) is 0 Å². The lowest BCUT2D eigenvalue weighted by Gasteiger charge is -2.33. The van der Waals surface area contributed by atoms with Gasteiger partial charge in [0.25, 0.3) is 5.91 Å². The molecular weight excluding hydrogens is 366 g/mol. The molecular formula is C20H24ClN3O3. The standard InChI is InChI=1S/C20H24ClN3O3/c1-20(2,3)27-19(26)24-10-8-15(9-11-24)22-18(25)17-6-4-13-12-14(21)5-7-16(13)23-17/h4-7,12,15H,8-11H2,1-3H3,(H,22,25). The minimum atomic E-state index is -0.506. The maximum Gasteiger partial charge on any atom is 0.410 e. The molecule has 2 aromatic rings. The zero-order chi connectivity index (χ0) is 19.6. The van der Waals surface area contributed by atoms with Gasteiger partial charge in [0, 0.05) is 29.5 Å². The molecule has 3 rings (SSSR count). The van der Waals surface area contributed by atoms with Crippen molar-refractivity contribution in [2.45, 2.75) is 45.3 Å². The summed E-state index contributed by atoms with van der Waals surface area (Å²) in [6, 6.07) is 8.92. The number of benzene rings is 1. The lowest BCUT2D eigenvalue weighted by molar-refractivity contribution is 0.0199. The van der Waals surface area contributed by atoms with E-state index in [0.717, 1.165) is 10.9 Å². The van der Waals surface area contributed by atoms with Gasteiger partial charge in [0.15, 0.2) is 0 Å². The number of nitrogens with one attached hydrogen (secondary N) is 1. The Morgan fingerprint density at radius 1 is 1.19 bits per heavy atom. The maximum atomic E-state index is 12.5. The largest absolute Gasteiger partial charge is 0.444 e. The summed E-state index contributed by atoms with van der Waals surface area (Å²) >= 11 is 5.98. The number of pyridine rings is 1. The van der Waals surface area contributed by atoms with Gasteiger partial charge in [-0.1, -0.05) is 17.7 Å². The number of carbonyl (C=O) groups is 2. The minimum Gasteiger partial charge on any atom is -0.444 e. The normalized spacial score (nSPS) is 15.6. The number of amides is 2. The smallest absolute Gasteiger partial charge is 0.410 e. The fourth-order valence-electron chi connectivity index (χ4n) is 3.02. The van der Waals surface area contributed by atoms with E-state index in [4.69, 9.17) is 16.3 Å². The molecule has 0 atom stereocenters. The predicted octanol–water partition coefficient (Wildman–Crippen LogP) is 4.02. The molecule has 7 heteroatoms. The highest BCUT2D eigenvalue weighted by molar-refractivity contribution is 6.31. The molecule has 1 saturated heterocycles. The van der Waals surface area contributed by atoms with Crippen LogP contribution in [0.5, 0.6) is 0 Å². The Morgan fingerprint density at radius 2 is 1.89 bits per heavy atom. The van der Waals surface area contributed by atoms with E-state index in [2.05, 4.69) is 10.3 Å². The average Bonchev–Trinajstić information content (AvgIpc) is 2.60. The number of rotatable bonds is 2. The van der Waals surface area contributed by atoms with Crippen LogP contribution in [0.4, 0.5) is 4.79 Å². The van der Waals surface area contributed by atoms with Crippen LogP contribution in [0.15, 0.2) is 30.3 Å². The zero-order valence-corrected chi connectivity index (χ0v) is 16.5. The van der Waals surface area contributed by atoms with Gasteiger partial charge in [-0.15, -0.1) is 0 Å². The first-order chi connectivity index (χ1) is 12.7.